The fraction of sp³-hybridized carbons (Fsp3) is 0.200. The zero-order chi connectivity index (χ0) is 18.1. The van der Waals surface area contributed by atoms with Crippen LogP contribution in [0.4, 0.5) is 8.78 Å². The zero-order valence-electron chi connectivity index (χ0n) is 12.4. The fourth-order valence-corrected chi connectivity index (χ4v) is 4.64. The molecule has 0 spiro atoms. The first kappa shape index (κ1) is 18.4. The Bertz CT molecular complexity index is 942. The van der Waals surface area contributed by atoms with Crippen LogP contribution in [0.1, 0.15) is 22.0 Å². The minimum absolute atomic E-state index is 0.141. The van der Waals surface area contributed by atoms with E-state index in [-0.39, 0.29) is 28.7 Å². The van der Waals surface area contributed by atoms with Crippen LogP contribution in [-0.4, -0.2) is 22.0 Å². The summed E-state index contributed by atoms with van der Waals surface area (Å²) in [5, 5.41) is 4.27. The van der Waals surface area contributed by atoms with Gasteiger partial charge in [0.25, 0.3) is 5.91 Å². The van der Waals surface area contributed by atoms with Gasteiger partial charge in [-0.1, -0.05) is 34.8 Å². The number of carbonyl (C=O) groups is 1. The predicted octanol–water partition coefficient (Wildman–Crippen LogP) is 5.43. The minimum Gasteiger partial charge on any atom is -0.351 e. The van der Waals surface area contributed by atoms with E-state index in [0.29, 0.717) is 20.1 Å². The summed E-state index contributed by atoms with van der Waals surface area (Å²) in [5.74, 6) is -0.221. The van der Waals surface area contributed by atoms with Crippen LogP contribution in [0, 0.1) is 0 Å². The molecule has 0 unspecified atom stereocenters. The van der Waals surface area contributed by atoms with Crippen LogP contribution in [0.2, 0.25) is 15.1 Å². The van der Waals surface area contributed by atoms with Gasteiger partial charge in [-0.05, 0) is 12.1 Å². The second-order valence-electron chi connectivity index (χ2n) is 5.04. The molecule has 132 valence electrons. The summed E-state index contributed by atoms with van der Waals surface area (Å²) in [7, 11) is 0. The van der Waals surface area contributed by atoms with Crippen LogP contribution in [0.5, 0.6) is 0 Å². The molecule has 2 aromatic heterocycles. The molecule has 0 atom stereocenters. The zero-order valence-corrected chi connectivity index (χ0v) is 15.5. The molecule has 2 heterocycles. The topological polar surface area (TPSA) is 46.9 Å². The van der Waals surface area contributed by atoms with E-state index in [1.165, 1.54) is 12.4 Å². The van der Waals surface area contributed by atoms with E-state index >= 15 is 0 Å². The second-order valence-corrected chi connectivity index (χ2v) is 7.31. The molecule has 0 saturated carbocycles. The smallest absolute Gasteiger partial charge is 0.319 e. The molecule has 1 aromatic carbocycles. The lowest BCUT2D eigenvalue weighted by molar-refractivity contribution is 0.0670. The van der Waals surface area contributed by atoms with Crippen LogP contribution in [0.15, 0.2) is 24.5 Å². The number of thiophene rings is 1. The lowest BCUT2D eigenvalue weighted by Crippen LogP contribution is -2.26. The molecule has 0 bridgehead atoms. The van der Waals surface area contributed by atoms with Gasteiger partial charge in [-0.3, -0.25) is 9.36 Å². The van der Waals surface area contributed by atoms with Gasteiger partial charge in [0.05, 0.1) is 10.0 Å². The molecule has 25 heavy (non-hydrogen) atoms. The first-order valence-corrected chi connectivity index (χ1v) is 8.98. The van der Waals surface area contributed by atoms with Crippen LogP contribution in [0.3, 0.4) is 0 Å². The summed E-state index contributed by atoms with van der Waals surface area (Å²) in [5.41, 5.74) is 0. The first-order chi connectivity index (χ1) is 11.9. The van der Waals surface area contributed by atoms with Crippen molar-refractivity contribution in [2.45, 2.75) is 13.0 Å². The maximum atomic E-state index is 12.7. The Hall–Kier alpha value is -1.41. The van der Waals surface area contributed by atoms with Crippen molar-refractivity contribution in [3.05, 3.63) is 50.3 Å². The summed E-state index contributed by atoms with van der Waals surface area (Å²) >= 11 is 19.5. The minimum atomic E-state index is -2.67. The van der Waals surface area contributed by atoms with Crippen molar-refractivity contribution >= 4 is 62.1 Å². The number of halogens is 5. The van der Waals surface area contributed by atoms with Crippen LogP contribution < -0.4 is 5.32 Å². The van der Waals surface area contributed by atoms with Crippen molar-refractivity contribution in [2.75, 3.05) is 6.54 Å². The number of benzene rings is 1. The standard InChI is InChI=1S/C15H10Cl3F2N3OS/c16-7-5-8(17)11-9(6-7)25-13(12(11)18)14(24)22-2-1-10-21-3-4-23(10)15(19)20/h3-6,15H,1-2H2,(H,22,24). The summed E-state index contributed by atoms with van der Waals surface area (Å²) in [6.07, 6.45) is 2.65. The second kappa shape index (κ2) is 7.45. The lowest BCUT2D eigenvalue weighted by atomic mass is 10.2. The summed E-state index contributed by atoms with van der Waals surface area (Å²) in [6, 6.07) is 3.23. The maximum absolute atomic E-state index is 12.7. The molecule has 0 radical (unpaired) electrons. The molecule has 0 aliphatic rings. The molecule has 1 N–H and O–H groups in total. The van der Waals surface area contributed by atoms with Crippen LogP contribution in [-0.2, 0) is 6.42 Å². The number of hydrogen-bond donors (Lipinski definition) is 1. The third-order valence-electron chi connectivity index (χ3n) is 3.45. The van der Waals surface area contributed by atoms with E-state index in [4.69, 9.17) is 34.8 Å². The van der Waals surface area contributed by atoms with Crippen molar-refractivity contribution in [2.24, 2.45) is 0 Å². The van der Waals surface area contributed by atoms with E-state index in [1.54, 1.807) is 12.1 Å². The van der Waals surface area contributed by atoms with Gasteiger partial charge in [0.1, 0.15) is 10.7 Å². The van der Waals surface area contributed by atoms with Gasteiger partial charge in [0.2, 0.25) is 0 Å². The summed E-state index contributed by atoms with van der Waals surface area (Å²) < 4.78 is 26.9. The molecule has 0 aliphatic carbocycles. The van der Waals surface area contributed by atoms with Crippen molar-refractivity contribution in [3.63, 3.8) is 0 Å². The van der Waals surface area contributed by atoms with E-state index in [2.05, 4.69) is 10.3 Å². The Balaban J connectivity index is 1.73. The van der Waals surface area contributed by atoms with Crippen molar-refractivity contribution < 1.29 is 13.6 Å². The predicted molar refractivity (Wildman–Crippen MR) is 96.4 cm³/mol. The SMILES string of the molecule is O=C(NCCc1nccn1C(F)F)c1sc2cc(Cl)cc(Cl)c2c1Cl. The van der Waals surface area contributed by atoms with Crippen molar-refractivity contribution in [1.29, 1.82) is 0 Å². The molecule has 0 fully saturated rings. The third kappa shape index (κ3) is 3.74. The molecule has 3 aromatic rings. The Morgan fingerprint density at radius 2 is 2.08 bits per heavy atom. The maximum Gasteiger partial charge on any atom is 0.319 e. The number of fused-ring (bicyclic) bond motifs is 1. The Labute approximate surface area is 160 Å². The van der Waals surface area contributed by atoms with E-state index < -0.39 is 12.5 Å². The summed E-state index contributed by atoms with van der Waals surface area (Å²) in [4.78, 5) is 16.5. The molecule has 0 aliphatic heterocycles. The number of carbonyl (C=O) groups excluding carboxylic acids is 1. The number of nitrogens with one attached hydrogen (secondary N) is 1. The molecule has 3 rings (SSSR count). The van der Waals surface area contributed by atoms with Gasteiger partial charge >= 0.3 is 6.55 Å². The lowest BCUT2D eigenvalue weighted by Gasteiger charge is -2.07. The largest absolute Gasteiger partial charge is 0.351 e. The average molecular weight is 425 g/mol. The highest BCUT2D eigenvalue weighted by molar-refractivity contribution is 7.21. The molecule has 1 amide bonds. The van der Waals surface area contributed by atoms with Gasteiger partial charge < -0.3 is 5.32 Å². The van der Waals surface area contributed by atoms with Crippen LogP contribution >= 0.6 is 46.1 Å². The van der Waals surface area contributed by atoms with E-state index in [9.17, 15) is 13.6 Å². The van der Waals surface area contributed by atoms with Crippen LogP contribution in [0.25, 0.3) is 10.1 Å². The molecular formula is C15H10Cl3F2N3OS. The van der Waals surface area contributed by atoms with Gasteiger partial charge in [0.15, 0.2) is 0 Å². The van der Waals surface area contributed by atoms with Crippen molar-refractivity contribution in [1.82, 2.24) is 14.9 Å². The quantitative estimate of drug-likeness (QED) is 0.594. The van der Waals surface area contributed by atoms with Gasteiger partial charge in [-0.25, -0.2) is 4.98 Å². The monoisotopic (exact) mass is 423 g/mol. The molecule has 10 heteroatoms. The van der Waals surface area contributed by atoms with Gasteiger partial charge in [-0.15, -0.1) is 11.3 Å². The Morgan fingerprint density at radius 3 is 2.80 bits per heavy atom. The average Bonchev–Trinajstić information content (AvgIpc) is 3.12. The van der Waals surface area contributed by atoms with Gasteiger partial charge in [-0.2, -0.15) is 8.78 Å². The van der Waals surface area contributed by atoms with Gasteiger partial charge in [0, 0.05) is 40.5 Å². The number of aromatic nitrogens is 2. The normalized spacial score (nSPS) is 11.4. The highest BCUT2D eigenvalue weighted by atomic mass is 35.5. The number of alkyl halides is 2. The van der Waals surface area contributed by atoms with E-state index in [0.717, 1.165) is 15.9 Å². The number of imidazole rings is 1. The number of amides is 1. The molecule has 4 nitrogen and oxygen atoms in total. The Kier molecular flexibility index (Phi) is 5.48. The number of nitrogens with zero attached hydrogens (tertiary/aromatic N) is 2. The Morgan fingerprint density at radius 1 is 1.32 bits per heavy atom. The van der Waals surface area contributed by atoms with Crippen molar-refractivity contribution in [3.8, 4) is 0 Å². The molecular weight excluding hydrogens is 415 g/mol. The highest BCUT2D eigenvalue weighted by Gasteiger charge is 2.20. The molecule has 0 saturated heterocycles. The first-order valence-electron chi connectivity index (χ1n) is 7.03. The fourth-order valence-electron chi connectivity index (χ4n) is 2.34. The summed E-state index contributed by atoms with van der Waals surface area (Å²) in [6.45, 7) is -2.53. The van der Waals surface area contributed by atoms with E-state index in [1.807, 2.05) is 0 Å². The highest BCUT2D eigenvalue weighted by Crippen LogP contribution is 2.41. The number of hydrogen-bond acceptors (Lipinski definition) is 3. The number of rotatable bonds is 5. The third-order valence-corrected chi connectivity index (χ3v) is 5.59.